The molecule has 26 heavy (non-hydrogen) atoms. The van der Waals surface area contributed by atoms with Crippen molar-refractivity contribution in [1.29, 1.82) is 0 Å². The van der Waals surface area contributed by atoms with Gasteiger partial charge in [0.05, 0.1) is 6.54 Å². The van der Waals surface area contributed by atoms with Gasteiger partial charge in [0.15, 0.2) is 0 Å². The molecule has 140 valence electrons. The van der Waals surface area contributed by atoms with Crippen LogP contribution < -0.4 is 5.32 Å². The first-order valence-electron chi connectivity index (χ1n) is 9.08. The number of pyridine rings is 1. The molecule has 2 aliphatic rings. The first-order chi connectivity index (χ1) is 12.6. The first-order valence-corrected chi connectivity index (χ1v) is 10.5. The highest BCUT2D eigenvalue weighted by molar-refractivity contribution is 7.89. The Hall–Kier alpha value is -1.74. The van der Waals surface area contributed by atoms with Crippen LogP contribution in [-0.2, 0) is 16.6 Å². The van der Waals surface area contributed by atoms with Crippen LogP contribution in [0.5, 0.6) is 0 Å². The van der Waals surface area contributed by atoms with E-state index >= 15 is 0 Å². The van der Waals surface area contributed by atoms with E-state index in [-0.39, 0.29) is 11.1 Å². The van der Waals surface area contributed by atoms with Crippen molar-refractivity contribution in [1.82, 2.24) is 19.5 Å². The van der Waals surface area contributed by atoms with E-state index in [1.807, 2.05) is 12.3 Å². The van der Waals surface area contributed by atoms with E-state index in [1.165, 1.54) is 4.31 Å². The molecule has 4 rings (SSSR count). The number of nitrogens with one attached hydrogen (secondary N) is 1. The topological polar surface area (TPSA) is 78.7 Å². The summed E-state index contributed by atoms with van der Waals surface area (Å²) < 4.78 is 32.5. The number of aromatic nitrogens is 1. The lowest BCUT2D eigenvalue weighted by Gasteiger charge is -2.35. The van der Waals surface area contributed by atoms with E-state index in [0.717, 1.165) is 38.0 Å². The Kier molecular flexibility index (Phi) is 5.08. The summed E-state index contributed by atoms with van der Waals surface area (Å²) >= 11 is 0. The maximum Gasteiger partial charge on any atom is 0.276 e. The summed E-state index contributed by atoms with van der Waals surface area (Å²) in [6, 6.07) is 7.58. The standard InChI is InChI=1S/C18H24N4O3S/c23-26(24,22-9-1-2-10-22)18-6-5-16(25-18)14-21-11-8-20-13-17(21)15-4-3-7-19-12-15/h3-7,12,17,20H,1-2,8-11,13-14H2. The molecule has 7 nitrogen and oxygen atoms in total. The molecule has 0 saturated carbocycles. The van der Waals surface area contributed by atoms with Gasteiger partial charge in [-0.1, -0.05) is 6.07 Å². The molecule has 2 saturated heterocycles. The molecule has 4 heterocycles. The van der Waals surface area contributed by atoms with E-state index in [0.29, 0.717) is 25.4 Å². The molecular weight excluding hydrogens is 352 g/mol. The van der Waals surface area contributed by atoms with Gasteiger partial charge in [0.25, 0.3) is 10.0 Å². The zero-order chi connectivity index (χ0) is 18.0. The zero-order valence-electron chi connectivity index (χ0n) is 14.7. The predicted molar refractivity (Wildman–Crippen MR) is 97.0 cm³/mol. The number of hydrogen-bond acceptors (Lipinski definition) is 6. The number of nitrogens with zero attached hydrogens (tertiary/aromatic N) is 3. The normalized spacial score (nSPS) is 22.7. The molecular formula is C18H24N4O3S. The summed E-state index contributed by atoms with van der Waals surface area (Å²) in [7, 11) is -3.50. The van der Waals surface area contributed by atoms with Crippen molar-refractivity contribution < 1.29 is 12.8 Å². The Morgan fingerprint density at radius 3 is 2.81 bits per heavy atom. The van der Waals surface area contributed by atoms with Crippen molar-refractivity contribution >= 4 is 10.0 Å². The molecule has 1 unspecified atom stereocenters. The second-order valence-corrected chi connectivity index (χ2v) is 8.68. The highest BCUT2D eigenvalue weighted by Gasteiger charge is 2.31. The third-order valence-corrected chi connectivity index (χ3v) is 6.85. The monoisotopic (exact) mass is 376 g/mol. The second kappa shape index (κ2) is 7.48. The minimum atomic E-state index is -3.50. The molecule has 0 amide bonds. The van der Waals surface area contributed by atoms with Crippen LogP contribution >= 0.6 is 0 Å². The minimum absolute atomic E-state index is 0.0578. The van der Waals surface area contributed by atoms with Gasteiger partial charge < -0.3 is 9.73 Å². The zero-order valence-corrected chi connectivity index (χ0v) is 15.5. The van der Waals surface area contributed by atoms with Crippen LogP contribution in [-0.4, -0.2) is 55.3 Å². The average Bonchev–Trinajstić information content (AvgIpc) is 3.36. The molecule has 2 fully saturated rings. The fourth-order valence-electron chi connectivity index (χ4n) is 3.68. The number of sulfonamides is 1. The maximum absolute atomic E-state index is 12.6. The average molecular weight is 376 g/mol. The van der Waals surface area contributed by atoms with E-state index in [4.69, 9.17) is 4.42 Å². The summed E-state index contributed by atoms with van der Waals surface area (Å²) in [5.74, 6) is 0.679. The molecule has 1 N–H and O–H groups in total. The smallest absolute Gasteiger partial charge is 0.276 e. The van der Waals surface area contributed by atoms with E-state index in [9.17, 15) is 8.42 Å². The summed E-state index contributed by atoms with van der Waals surface area (Å²) in [6.45, 7) is 4.35. The predicted octanol–water partition coefficient (Wildman–Crippen LogP) is 1.61. The fourth-order valence-corrected chi connectivity index (χ4v) is 5.12. The fraction of sp³-hybridized carbons (Fsp3) is 0.500. The first kappa shape index (κ1) is 17.7. The van der Waals surface area contributed by atoms with Crippen molar-refractivity contribution in [3.63, 3.8) is 0 Å². The number of piperazine rings is 1. The van der Waals surface area contributed by atoms with E-state index < -0.39 is 10.0 Å². The van der Waals surface area contributed by atoms with Gasteiger partial charge in [-0.3, -0.25) is 9.88 Å². The van der Waals surface area contributed by atoms with Gasteiger partial charge in [0.1, 0.15) is 5.76 Å². The van der Waals surface area contributed by atoms with Gasteiger partial charge in [-0.15, -0.1) is 0 Å². The van der Waals surface area contributed by atoms with Gasteiger partial charge in [-0.05, 0) is 36.6 Å². The molecule has 2 aromatic heterocycles. The molecule has 0 bridgehead atoms. The van der Waals surface area contributed by atoms with Crippen LogP contribution in [0.4, 0.5) is 0 Å². The number of furan rings is 1. The SMILES string of the molecule is O=S(=O)(c1ccc(CN2CCNCC2c2cccnc2)o1)N1CCCC1. The lowest BCUT2D eigenvalue weighted by Crippen LogP contribution is -2.45. The van der Waals surface area contributed by atoms with Crippen molar-refractivity contribution in [3.8, 4) is 0 Å². The van der Waals surface area contributed by atoms with Crippen LogP contribution in [0.1, 0.15) is 30.2 Å². The van der Waals surface area contributed by atoms with Gasteiger partial charge in [-0.2, -0.15) is 4.31 Å². The Balaban J connectivity index is 1.51. The molecule has 0 radical (unpaired) electrons. The van der Waals surface area contributed by atoms with Crippen molar-refractivity contribution in [2.75, 3.05) is 32.7 Å². The Morgan fingerprint density at radius 2 is 2.04 bits per heavy atom. The molecule has 0 aromatic carbocycles. The quantitative estimate of drug-likeness (QED) is 0.854. The van der Waals surface area contributed by atoms with Crippen LogP contribution in [0.25, 0.3) is 0 Å². The van der Waals surface area contributed by atoms with Crippen molar-refractivity contribution in [2.24, 2.45) is 0 Å². The highest BCUT2D eigenvalue weighted by atomic mass is 32.2. The minimum Gasteiger partial charge on any atom is -0.447 e. The Bertz CT molecular complexity index is 831. The number of rotatable bonds is 5. The van der Waals surface area contributed by atoms with Crippen LogP contribution in [0.2, 0.25) is 0 Å². The third-order valence-electron chi connectivity index (χ3n) is 5.08. The Labute approximate surface area is 154 Å². The number of hydrogen-bond donors (Lipinski definition) is 1. The van der Waals surface area contributed by atoms with Crippen LogP contribution in [0, 0.1) is 0 Å². The van der Waals surface area contributed by atoms with Crippen LogP contribution in [0.3, 0.4) is 0 Å². The molecule has 0 aliphatic carbocycles. The summed E-state index contributed by atoms with van der Waals surface area (Å²) in [5, 5.41) is 3.47. The molecule has 1 atom stereocenters. The maximum atomic E-state index is 12.6. The van der Waals surface area contributed by atoms with Crippen molar-refractivity contribution in [3.05, 3.63) is 48.0 Å². The summed E-state index contributed by atoms with van der Waals surface area (Å²) in [5.41, 5.74) is 1.15. The van der Waals surface area contributed by atoms with Gasteiger partial charge in [-0.25, -0.2) is 8.42 Å². The third kappa shape index (κ3) is 3.55. The molecule has 2 aliphatic heterocycles. The van der Waals surface area contributed by atoms with Gasteiger partial charge in [0, 0.05) is 51.2 Å². The van der Waals surface area contributed by atoms with Crippen LogP contribution in [0.15, 0.2) is 46.2 Å². The summed E-state index contributed by atoms with van der Waals surface area (Å²) in [4.78, 5) is 6.52. The largest absolute Gasteiger partial charge is 0.447 e. The molecule has 8 heteroatoms. The van der Waals surface area contributed by atoms with Crippen molar-refractivity contribution in [2.45, 2.75) is 30.5 Å². The summed E-state index contributed by atoms with van der Waals surface area (Å²) in [6.07, 6.45) is 5.49. The lowest BCUT2D eigenvalue weighted by atomic mass is 10.1. The molecule has 0 spiro atoms. The highest BCUT2D eigenvalue weighted by Crippen LogP contribution is 2.26. The molecule has 2 aromatic rings. The lowest BCUT2D eigenvalue weighted by molar-refractivity contribution is 0.140. The second-order valence-electron chi connectivity index (χ2n) is 6.81. The Morgan fingerprint density at radius 1 is 1.19 bits per heavy atom. The van der Waals surface area contributed by atoms with Gasteiger partial charge in [0.2, 0.25) is 5.09 Å². The van der Waals surface area contributed by atoms with E-state index in [2.05, 4.69) is 21.3 Å². The van der Waals surface area contributed by atoms with Gasteiger partial charge >= 0.3 is 0 Å². The van der Waals surface area contributed by atoms with E-state index in [1.54, 1.807) is 18.3 Å².